The fourth-order valence-corrected chi connectivity index (χ4v) is 2.63. The van der Waals surface area contributed by atoms with Crippen LogP contribution in [0.1, 0.15) is 33.9 Å². The molecule has 0 saturated heterocycles. The Hall–Kier alpha value is -2.77. The molecule has 3 N–H and O–H groups in total. The van der Waals surface area contributed by atoms with Gasteiger partial charge in [-0.25, -0.2) is 0 Å². The molecule has 0 radical (unpaired) electrons. The highest BCUT2D eigenvalue weighted by molar-refractivity contribution is 5.94. The van der Waals surface area contributed by atoms with Crippen molar-refractivity contribution in [2.24, 2.45) is 5.73 Å². The number of hydrogen-bond acceptors (Lipinski definition) is 6. The predicted octanol–water partition coefficient (Wildman–Crippen LogP) is 2.62. The van der Waals surface area contributed by atoms with Crippen LogP contribution in [0.3, 0.4) is 0 Å². The van der Waals surface area contributed by atoms with Crippen LogP contribution in [0.15, 0.2) is 42.5 Å². The van der Waals surface area contributed by atoms with Gasteiger partial charge in [-0.3, -0.25) is 9.59 Å². The smallest absolute Gasteiger partial charge is 0.307 e. The van der Waals surface area contributed by atoms with E-state index < -0.39 is 12.0 Å². The standard InChI is InChI=1S/C20H24N2O5.ClH/c1-25-15-8-9-16(18(10-15)26-2)17(11-19(23)27-3)22-20(24)14-6-4-13(12-21)5-7-14;/h4-10,17H,11-12,21H2,1-3H3,(H,22,24);1H. The first-order valence-electron chi connectivity index (χ1n) is 8.41. The quantitative estimate of drug-likeness (QED) is 0.651. The molecule has 0 saturated carbocycles. The third-order valence-corrected chi connectivity index (χ3v) is 4.17. The summed E-state index contributed by atoms with van der Waals surface area (Å²) in [7, 11) is 4.37. The Morgan fingerprint density at radius 2 is 1.71 bits per heavy atom. The first-order valence-corrected chi connectivity index (χ1v) is 8.41. The van der Waals surface area contributed by atoms with Crippen molar-refractivity contribution >= 4 is 24.3 Å². The number of carbonyl (C=O) groups is 2. The molecule has 7 nitrogen and oxygen atoms in total. The maximum atomic E-state index is 12.7. The third-order valence-electron chi connectivity index (χ3n) is 4.17. The molecular formula is C20H25ClN2O5. The van der Waals surface area contributed by atoms with Crippen molar-refractivity contribution in [3.63, 3.8) is 0 Å². The molecule has 2 aromatic carbocycles. The van der Waals surface area contributed by atoms with Crippen LogP contribution >= 0.6 is 12.4 Å². The summed E-state index contributed by atoms with van der Waals surface area (Å²) in [4.78, 5) is 24.5. The number of esters is 1. The lowest BCUT2D eigenvalue weighted by Gasteiger charge is -2.21. The van der Waals surface area contributed by atoms with E-state index in [-0.39, 0.29) is 24.7 Å². The summed E-state index contributed by atoms with van der Waals surface area (Å²) < 4.78 is 15.4. The van der Waals surface area contributed by atoms with Gasteiger partial charge in [0.1, 0.15) is 11.5 Å². The summed E-state index contributed by atoms with van der Waals surface area (Å²) in [6.45, 7) is 0.399. The van der Waals surface area contributed by atoms with Gasteiger partial charge >= 0.3 is 5.97 Å². The lowest BCUT2D eigenvalue weighted by Crippen LogP contribution is -2.30. The van der Waals surface area contributed by atoms with E-state index in [1.165, 1.54) is 14.2 Å². The van der Waals surface area contributed by atoms with E-state index in [2.05, 4.69) is 5.32 Å². The summed E-state index contributed by atoms with van der Waals surface area (Å²) in [5.74, 6) is 0.347. The summed E-state index contributed by atoms with van der Waals surface area (Å²) >= 11 is 0. The highest BCUT2D eigenvalue weighted by Crippen LogP contribution is 2.31. The lowest BCUT2D eigenvalue weighted by atomic mass is 10.0. The van der Waals surface area contributed by atoms with Crippen molar-refractivity contribution in [3.05, 3.63) is 59.2 Å². The molecule has 0 spiro atoms. The van der Waals surface area contributed by atoms with E-state index in [4.69, 9.17) is 19.9 Å². The first-order chi connectivity index (χ1) is 13.0. The molecule has 1 unspecified atom stereocenters. The molecule has 0 aliphatic heterocycles. The molecule has 1 atom stereocenters. The largest absolute Gasteiger partial charge is 0.497 e. The number of carbonyl (C=O) groups excluding carboxylic acids is 2. The zero-order chi connectivity index (χ0) is 19.8. The van der Waals surface area contributed by atoms with Crippen molar-refractivity contribution in [1.29, 1.82) is 0 Å². The molecule has 0 heterocycles. The van der Waals surface area contributed by atoms with E-state index in [0.29, 0.717) is 29.2 Å². The zero-order valence-electron chi connectivity index (χ0n) is 16.1. The van der Waals surface area contributed by atoms with Crippen LogP contribution in [0.25, 0.3) is 0 Å². The molecule has 0 bridgehead atoms. The van der Waals surface area contributed by atoms with E-state index in [1.807, 2.05) is 0 Å². The van der Waals surface area contributed by atoms with Crippen LogP contribution in [-0.4, -0.2) is 33.2 Å². The second-order valence-corrected chi connectivity index (χ2v) is 5.82. The van der Waals surface area contributed by atoms with Gasteiger partial charge < -0.3 is 25.3 Å². The molecule has 0 aromatic heterocycles. The normalized spacial score (nSPS) is 11.0. The molecule has 1 amide bonds. The van der Waals surface area contributed by atoms with Crippen LogP contribution in [0, 0.1) is 0 Å². The average Bonchev–Trinajstić information content (AvgIpc) is 2.72. The SMILES string of the molecule is COC(=O)CC(NC(=O)c1ccc(CN)cc1)c1ccc(OC)cc1OC.Cl. The van der Waals surface area contributed by atoms with Crippen molar-refractivity contribution < 1.29 is 23.8 Å². The fraction of sp³-hybridized carbons (Fsp3) is 0.300. The zero-order valence-corrected chi connectivity index (χ0v) is 16.9. The van der Waals surface area contributed by atoms with Gasteiger partial charge in [0.2, 0.25) is 0 Å². The highest BCUT2D eigenvalue weighted by atomic mass is 35.5. The van der Waals surface area contributed by atoms with E-state index in [1.54, 1.807) is 49.6 Å². The molecular weight excluding hydrogens is 384 g/mol. The number of rotatable bonds is 8. The minimum Gasteiger partial charge on any atom is -0.497 e. The maximum Gasteiger partial charge on any atom is 0.307 e. The van der Waals surface area contributed by atoms with Crippen molar-refractivity contribution in [2.75, 3.05) is 21.3 Å². The minimum atomic E-state index is -0.625. The van der Waals surface area contributed by atoms with Gasteiger partial charge in [-0.15, -0.1) is 12.4 Å². The van der Waals surface area contributed by atoms with Crippen molar-refractivity contribution in [2.45, 2.75) is 19.0 Å². The Kier molecular flexibility index (Phi) is 9.27. The second kappa shape index (κ2) is 11.2. The lowest BCUT2D eigenvalue weighted by molar-refractivity contribution is -0.141. The minimum absolute atomic E-state index is 0. The Bertz CT molecular complexity index is 796. The summed E-state index contributed by atoms with van der Waals surface area (Å²) in [6.07, 6.45) is -0.0359. The maximum absolute atomic E-state index is 12.7. The van der Waals surface area contributed by atoms with Crippen LogP contribution in [0.4, 0.5) is 0 Å². The number of benzene rings is 2. The highest BCUT2D eigenvalue weighted by Gasteiger charge is 2.23. The van der Waals surface area contributed by atoms with Gasteiger partial charge in [-0.2, -0.15) is 0 Å². The first kappa shape index (κ1) is 23.3. The molecule has 152 valence electrons. The Labute approximate surface area is 170 Å². The molecule has 2 aromatic rings. The summed E-state index contributed by atoms with van der Waals surface area (Å²) in [5, 5.41) is 2.87. The summed E-state index contributed by atoms with van der Waals surface area (Å²) in [6, 6.07) is 11.5. The number of nitrogens with two attached hydrogens (primary N) is 1. The van der Waals surface area contributed by atoms with Crippen LogP contribution in [0.2, 0.25) is 0 Å². The number of halogens is 1. The Balaban J connectivity index is 0.00000392. The van der Waals surface area contributed by atoms with Gasteiger partial charge in [-0.1, -0.05) is 12.1 Å². The summed E-state index contributed by atoms with van der Waals surface area (Å²) in [5.41, 5.74) is 7.62. The number of methoxy groups -OCH3 is 3. The monoisotopic (exact) mass is 408 g/mol. The average molecular weight is 409 g/mol. The van der Waals surface area contributed by atoms with Crippen LogP contribution in [-0.2, 0) is 16.1 Å². The van der Waals surface area contributed by atoms with Gasteiger partial charge in [0.15, 0.2) is 0 Å². The van der Waals surface area contributed by atoms with E-state index in [9.17, 15) is 9.59 Å². The van der Waals surface area contributed by atoms with Gasteiger partial charge in [0.25, 0.3) is 5.91 Å². The predicted molar refractivity (Wildman–Crippen MR) is 108 cm³/mol. The second-order valence-electron chi connectivity index (χ2n) is 5.82. The van der Waals surface area contributed by atoms with Gasteiger partial charge in [0.05, 0.1) is 33.8 Å². The molecule has 2 rings (SSSR count). The van der Waals surface area contributed by atoms with Crippen molar-refractivity contribution in [1.82, 2.24) is 5.32 Å². The number of ether oxygens (including phenoxy) is 3. The number of amides is 1. The number of hydrogen-bond donors (Lipinski definition) is 2. The molecule has 8 heteroatoms. The Morgan fingerprint density at radius 3 is 2.25 bits per heavy atom. The van der Waals surface area contributed by atoms with Crippen LogP contribution in [0.5, 0.6) is 11.5 Å². The van der Waals surface area contributed by atoms with Crippen LogP contribution < -0.4 is 20.5 Å². The van der Waals surface area contributed by atoms with E-state index in [0.717, 1.165) is 5.56 Å². The fourth-order valence-electron chi connectivity index (χ4n) is 2.63. The molecule has 0 aliphatic carbocycles. The third kappa shape index (κ3) is 5.87. The van der Waals surface area contributed by atoms with Crippen molar-refractivity contribution in [3.8, 4) is 11.5 Å². The Morgan fingerprint density at radius 1 is 1.04 bits per heavy atom. The van der Waals surface area contributed by atoms with Gasteiger partial charge in [-0.05, 0) is 29.8 Å². The molecule has 28 heavy (non-hydrogen) atoms. The number of nitrogens with one attached hydrogen (secondary N) is 1. The topological polar surface area (TPSA) is 99.9 Å². The molecule has 0 aliphatic rings. The molecule has 0 fully saturated rings. The van der Waals surface area contributed by atoms with Gasteiger partial charge in [0, 0.05) is 23.7 Å². The van der Waals surface area contributed by atoms with E-state index >= 15 is 0 Å².